The van der Waals surface area contributed by atoms with Crippen molar-refractivity contribution in [2.24, 2.45) is 0 Å². The van der Waals surface area contributed by atoms with Crippen LogP contribution in [0.25, 0.3) is 0 Å². The molecule has 0 radical (unpaired) electrons. The Balaban J connectivity index is 2.48. The number of thiophene rings is 1. The predicted octanol–water partition coefficient (Wildman–Crippen LogP) is 3.20. The Morgan fingerprint density at radius 1 is 1.19 bits per heavy atom. The number of esters is 1. The van der Waals surface area contributed by atoms with E-state index in [0.717, 1.165) is 11.3 Å². The van der Waals surface area contributed by atoms with Gasteiger partial charge in [0.2, 0.25) is 0 Å². The third kappa shape index (κ3) is 4.28. The van der Waals surface area contributed by atoms with Crippen LogP contribution in [0.15, 0.2) is 24.3 Å². The number of amides is 2. The Morgan fingerprint density at radius 2 is 1.85 bits per heavy atom. The zero-order valence-electron chi connectivity index (χ0n) is 15.9. The average molecular weight is 390 g/mol. The molecule has 1 N–H and O–H groups in total. The number of anilines is 1. The number of nitrogens with one attached hydrogen (secondary N) is 1. The summed E-state index contributed by atoms with van der Waals surface area (Å²) in [5.41, 5.74) is 0.990. The lowest BCUT2D eigenvalue weighted by Gasteiger charge is -2.09. The van der Waals surface area contributed by atoms with E-state index in [1.54, 1.807) is 52.2 Å². The molecule has 0 spiro atoms. The molecular weight excluding hydrogens is 368 g/mol. The van der Waals surface area contributed by atoms with Crippen molar-refractivity contribution >= 4 is 34.1 Å². The highest BCUT2D eigenvalue weighted by Crippen LogP contribution is 2.35. The van der Waals surface area contributed by atoms with E-state index in [-0.39, 0.29) is 23.1 Å². The van der Waals surface area contributed by atoms with Crippen LogP contribution in [0.1, 0.15) is 42.9 Å². The third-order valence-corrected chi connectivity index (χ3v) is 5.00. The maximum absolute atomic E-state index is 12.7. The highest BCUT2D eigenvalue weighted by Gasteiger charge is 2.27. The molecule has 0 saturated heterocycles. The number of para-hydroxylation sites is 1. The Morgan fingerprint density at radius 3 is 2.44 bits per heavy atom. The van der Waals surface area contributed by atoms with E-state index >= 15 is 0 Å². The van der Waals surface area contributed by atoms with Crippen LogP contribution in [-0.4, -0.2) is 50.5 Å². The normalized spacial score (nSPS) is 10.3. The molecule has 27 heavy (non-hydrogen) atoms. The van der Waals surface area contributed by atoms with Crippen LogP contribution in [0.4, 0.5) is 5.00 Å². The zero-order chi connectivity index (χ0) is 20.1. The van der Waals surface area contributed by atoms with E-state index in [9.17, 15) is 14.4 Å². The first kappa shape index (κ1) is 20.4. The van der Waals surface area contributed by atoms with Crippen molar-refractivity contribution < 1.29 is 23.9 Å². The van der Waals surface area contributed by atoms with Gasteiger partial charge in [0.15, 0.2) is 0 Å². The molecule has 2 rings (SSSR count). The molecular formula is C19H22N2O5S. The van der Waals surface area contributed by atoms with Gasteiger partial charge in [-0.1, -0.05) is 12.1 Å². The lowest BCUT2D eigenvalue weighted by atomic mass is 10.1. The van der Waals surface area contributed by atoms with Gasteiger partial charge in [0.05, 0.1) is 29.7 Å². The first-order valence-corrected chi connectivity index (χ1v) is 9.09. The number of hydrogen-bond donors (Lipinski definition) is 1. The fourth-order valence-electron chi connectivity index (χ4n) is 2.46. The smallest absolute Gasteiger partial charge is 0.341 e. The average Bonchev–Trinajstić information content (AvgIpc) is 2.96. The Bertz CT molecular complexity index is 873. The molecule has 1 heterocycles. The second-order valence-corrected chi connectivity index (χ2v) is 6.86. The maximum atomic E-state index is 12.7. The van der Waals surface area contributed by atoms with E-state index in [1.807, 2.05) is 0 Å². The van der Waals surface area contributed by atoms with Gasteiger partial charge in [-0.2, -0.15) is 0 Å². The summed E-state index contributed by atoms with van der Waals surface area (Å²) in [5, 5.41) is 2.99. The van der Waals surface area contributed by atoms with Crippen molar-refractivity contribution in [3.63, 3.8) is 0 Å². The van der Waals surface area contributed by atoms with E-state index < -0.39 is 11.9 Å². The first-order valence-electron chi connectivity index (χ1n) is 8.28. The number of ether oxygens (including phenoxy) is 2. The van der Waals surface area contributed by atoms with Crippen LogP contribution in [0, 0.1) is 6.92 Å². The zero-order valence-corrected chi connectivity index (χ0v) is 16.7. The molecule has 8 heteroatoms. The van der Waals surface area contributed by atoms with Gasteiger partial charge in [-0.15, -0.1) is 11.3 Å². The van der Waals surface area contributed by atoms with Crippen LogP contribution >= 0.6 is 11.3 Å². The minimum Gasteiger partial charge on any atom is -0.496 e. The Hall–Kier alpha value is -2.87. The molecule has 0 saturated carbocycles. The Kier molecular flexibility index (Phi) is 6.57. The molecule has 1 aromatic carbocycles. The topological polar surface area (TPSA) is 84.9 Å². The van der Waals surface area contributed by atoms with Gasteiger partial charge in [0, 0.05) is 14.1 Å². The largest absolute Gasteiger partial charge is 0.496 e. The van der Waals surface area contributed by atoms with Gasteiger partial charge in [0.25, 0.3) is 11.8 Å². The van der Waals surface area contributed by atoms with E-state index in [1.165, 1.54) is 12.0 Å². The lowest BCUT2D eigenvalue weighted by molar-refractivity contribution is 0.0527. The molecule has 0 unspecified atom stereocenters. The van der Waals surface area contributed by atoms with Crippen molar-refractivity contribution in [1.29, 1.82) is 0 Å². The van der Waals surface area contributed by atoms with Crippen LogP contribution in [0.5, 0.6) is 5.75 Å². The molecule has 144 valence electrons. The SMILES string of the molecule is CCOC(=O)c1c(NC(=O)c2ccccc2OC)sc(C(=O)N(C)C)c1C. The van der Waals surface area contributed by atoms with Gasteiger partial charge in [-0.25, -0.2) is 4.79 Å². The summed E-state index contributed by atoms with van der Waals surface area (Å²) in [6, 6.07) is 6.75. The second kappa shape index (κ2) is 8.68. The van der Waals surface area contributed by atoms with Gasteiger partial charge in [-0.05, 0) is 31.5 Å². The highest BCUT2D eigenvalue weighted by atomic mass is 32.1. The molecule has 0 aliphatic heterocycles. The number of benzene rings is 1. The van der Waals surface area contributed by atoms with Crippen molar-refractivity contribution in [2.75, 3.05) is 33.1 Å². The van der Waals surface area contributed by atoms with Crippen LogP contribution < -0.4 is 10.1 Å². The first-order chi connectivity index (χ1) is 12.8. The van der Waals surface area contributed by atoms with E-state index in [2.05, 4.69) is 5.32 Å². The predicted molar refractivity (Wildman–Crippen MR) is 104 cm³/mol. The van der Waals surface area contributed by atoms with Crippen molar-refractivity contribution in [2.45, 2.75) is 13.8 Å². The number of methoxy groups -OCH3 is 1. The summed E-state index contributed by atoms with van der Waals surface area (Å²) >= 11 is 1.05. The Labute approximate surface area is 161 Å². The molecule has 0 fully saturated rings. The number of rotatable bonds is 6. The van der Waals surface area contributed by atoms with Crippen LogP contribution in [0.3, 0.4) is 0 Å². The standard InChI is InChI=1S/C19H22N2O5S/c1-6-26-19(24)14-11(2)15(18(23)21(3)4)27-17(14)20-16(22)12-9-7-8-10-13(12)25-5/h7-10H,6H2,1-5H3,(H,20,22). The minimum atomic E-state index is -0.584. The molecule has 0 bridgehead atoms. The van der Waals surface area contributed by atoms with Crippen LogP contribution in [0.2, 0.25) is 0 Å². The summed E-state index contributed by atoms with van der Waals surface area (Å²) in [7, 11) is 4.72. The second-order valence-electron chi connectivity index (χ2n) is 5.83. The van der Waals surface area contributed by atoms with Gasteiger partial charge >= 0.3 is 5.97 Å². The summed E-state index contributed by atoms with van der Waals surface area (Å²) in [6.45, 7) is 3.54. The maximum Gasteiger partial charge on any atom is 0.341 e. The third-order valence-electron chi connectivity index (χ3n) is 3.81. The molecule has 2 amide bonds. The summed E-state index contributed by atoms with van der Waals surface area (Å²) in [5.74, 6) is -0.867. The van der Waals surface area contributed by atoms with Crippen LogP contribution in [-0.2, 0) is 4.74 Å². The summed E-state index contributed by atoms with van der Waals surface area (Å²) < 4.78 is 10.3. The van der Waals surface area contributed by atoms with Gasteiger partial charge in [0.1, 0.15) is 10.8 Å². The quantitative estimate of drug-likeness (QED) is 0.766. The van der Waals surface area contributed by atoms with Crippen molar-refractivity contribution in [3.8, 4) is 5.75 Å². The number of nitrogens with zero attached hydrogens (tertiary/aromatic N) is 1. The van der Waals surface area contributed by atoms with E-state index in [0.29, 0.717) is 21.8 Å². The molecule has 0 aliphatic carbocycles. The van der Waals surface area contributed by atoms with Gasteiger partial charge in [-0.3, -0.25) is 9.59 Å². The number of carbonyl (C=O) groups is 3. The van der Waals surface area contributed by atoms with E-state index in [4.69, 9.17) is 9.47 Å². The highest BCUT2D eigenvalue weighted by molar-refractivity contribution is 7.18. The number of carbonyl (C=O) groups excluding carboxylic acids is 3. The summed E-state index contributed by atoms with van der Waals surface area (Å²) in [6.07, 6.45) is 0. The molecule has 0 atom stereocenters. The van der Waals surface area contributed by atoms with Gasteiger partial charge < -0.3 is 19.7 Å². The molecule has 2 aromatic rings. The molecule has 0 aliphatic rings. The fourth-order valence-corrected chi connectivity index (χ4v) is 3.67. The number of hydrogen-bond acceptors (Lipinski definition) is 6. The molecule has 7 nitrogen and oxygen atoms in total. The van der Waals surface area contributed by atoms with Crippen molar-refractivity contribution in [1.82, 2.24) is 4.90 Å². The monoisotopic (exact) mass is 390 g/mol. The minimum absolute atomic E-state index is 0.185. The lowest BCUT2D eigenvalue weighted by Crippen LogP contribution is -2.21. The fraction of sp³-hybridized carbons (Fsp3) is 0.316. The summed E-state index contributed by atoms with van der Waals surface area (Å²) in [4.78, 5) is 39.3. The van der Waals surface area contributed by atoms with Crippen molar-refractivity contribution in [3.05, 3.63) is 45.8 Å². The molecule has 1 aromatic heterocycles.